The van der Waals surface area contributed by atoms with Gasteiger partial charge in [0.05, 0.1) is 0 Å². The summed E-state index contributed by atoms with van der Waals surface area (Å²) in [6.45, 7) is 12.2. The van der Waals surface area contributed by atoms with Crippen molar-refractivity contribution in [2.24, 2.45) is 11.8 Å². The molecule has 80 valence electrons. The average Bonchev–Trinajstić information content (AvgIpc) is 2.00. The van der Waals surface area contributed by atoms with Crippen LogP contribution in [0.3, 0.4) is 0 Å². The molecule has 0 fully saturated rings. The summed E-state index contributed by atoms with van der Waals surface area (Å²) in [5.41, 5.74) is 0. The molecule has 0 aromatic carbocycles. The van der Waals surface area contributed by atoms with Gasteiger partial charge in [0.1, 0.15) is 0 Å². The third-order valence-electron chi connectivity index (χ3n) is 1.96. The van der Waals surface area contributed by atoms with Crippen molar-refractivity contribution < 1.29 is 4.43 Å². The van der Waals surface area contributed by atoms with E-state index in [1.54, 1.807) is 0 Å². The SMILES string of the molecule is CC(C)CO[Si](C)(C)CC(C)CS. The van der Waals surface area contributed by atoms with Gasteiger partial charge in [-0.05, 0) is 36.7 Å². The maximum atomic E-state index is 5.97. The van der Waals surface area contributed by atoms with Gasteiger partial charge in [0.2, 0.25) is 0 Å². The van der Waals surface area contributed by atoms with Crippen molar-refractivity contribution >= 4 is 20.9 Å². The molecular weight excluding hydrogens is 196 g/mol. The van der Waals surface area contributed by atoms with E-state index in [-0.39, 0.29) is 0 Å². The fraction of sp³-hybridized carbons (Fsp3) is 1.00. The first-order valence-corrected chi connectivity index (χ1v) is 8.87. The van der Waals surface area contributed by atoms with Crippen LogP contribution in [0.4, 0.5) is 0 Å². The van der Waals surface area contributed by atoms with Gasteiger partial charge >= 0.3 is 0 Å². The molecule has 0 radical (unpaired) electrons. The maximum Gasteiger partial charge on any atom is 0.187 e. The van der Waals surface area contributed by atoms with E-state index in [4.69, 9.17) is 4.43 Å². The van der Waals surface area contributed by atoms with Crippen LogP contribution in [0.25, 0.3) is 0 Å². The van der Waals surface area contributed by atoms with E-state index < -0.39 is 8.32 Å². The van der Waals surface area contributed by atoms with E-state index in [1.807, 2.05) is 0 Å². The van der Waals surface area contributed by atoms with Gasteiger partial charge in [0.15, 0.2) is 8.32 Å². The van der Waals surface area contributed by atoms with Crippen LogP contribution in [0.15, 0.2) is 0 Å². The van der Waals surface area contributed by atoms with Gasteiger partial charge in [-0.2, -0.15) is 12.6 Å². The average molecular weight is 220 g/mol. The summed E-state index contributed by atoms with van der Waals surface area (Å²) in [4.78, 5) is 0. The van der Waals surface area contributed by atoms with Crippen molar-refractivity contribution in [2.45, 2.75) is 39.9 Å². The van der Waals surface area contributed by atoms with Crippen molar-refractivity contribution in [1.82, 2.24) is 0 Å². The first-order valence-electron chi connectivity index (χ1n) is 5.12. The second-order valence-corrected chi connectivity index (χ2v) is 9.54. The molecule has 0 aromatic rings. The molecule has 0 amide bonds. The van der Waals surface area contributed by atoms with E-state index in [9.17, 15) is 0 Å². The zero-order chi connectivity index (χ0) is 10.5. The summed E-state index contributed by atoms with van der Waals surface area (Å²) in [5.74, 6) is 2.32. The summed E-state index contributed by atoms with van der Waals surface area (Å²) in [6, 6.07) is 1.23. The topological polar surface area (TPSA) is 9.23 Å². The molecule has 0 aliphatic rings. The van der Waals surface area contributed by atoms with Crippen LogP contribution in [-0.2, 0) is 4.43 Å². The number of hydrogen-bond donors (Lipinski definition) is 1. The van der Waals surface area contributed by atoms with E-state index in [2.05, 4.69) is 46.5 Å². The second-order valence-electron chi connectivity index (χ2n) is 4.96. The van der Waals surface area contributed by atoms with Crippen LogP contribution in [0.5, 0.6) is 0 Å². The van der Waals surface area contributed by atoms with Gasteiger partial charge in [0, 0.05) is 6.61 Å². The molecule has 0 heterocycles. The van der Waals surface area contributed by atoms with Crippen LogP contribution >= 0.6 is 12.6 Å². The van der Waals surface area contributed by atoms with E-state index in [0.717, 1.165) is 12.4 Å². The molecule has 0 spiro atoms. The lowest BCUT2D eigenvalue weighted by Crippen LogP contribution is -2.34. The van der Waals surface area contributed by atoms with Crippen molar-refractivity contribution in [2.75, 3.05) is 12.4 Å². The molecule has 1 unspecified atom stereocenters. The van der Waals surface area contributed by atoms with Crippen LogP contribution in [0.1, 0.15) is 20.8 Å². The van der Waals surface area contributed by atoms with Gasteiger partial charge < -0.3 is 4.43 Å². The Balaban J connectivity index is 3.79. The van der Waals surface area contributed by atoms with Gasteiger partial charge in [-0.15, -0.1) is 0 Å². The normalized spacial score (nSPS) is 15.0. The van der Waals surface area contributed by atoms with Crippen molar-refractivity contribution in [1.29, 1.82) is 0 Å². The number of thiol groups is 1. The Bertz CT molecular complexity index is 137. The smallest absolute Gasteiger partial charge is 0.187 e. The Morgan fingerprint density at radius 1 is 1.23 bits per heavy atom. The van der Waals surface area contributed by atoms with Crippen LogP contribution < -0.4 is 0 Å². The van der Waals surface area contributed by atoms with Crippen molar-refractivity contribution in [3.8, 4) is 0 Å². The Labute approximate surface area is 89.8 Å². The van der Waals surface area contributed by atoms with Gasteiger partial charge in [-0.25, -0.2) is 0 Å². The summed E-state index contributed by atoms with van der Waals surface area (Å²) in [6.07, 6.45) is 0. The lowest BCUT2D eigenvalue weighted by atomic mass is 10.2. The highest BCUT2D eigenvalue weighted by atomic mass is 32.1. The number of hydrogen-bond acceptors (Lipinski definition) is 2. The first-order chi connectivity index (χ1) is 5.87. The minimum Gasteiger partial charge on any atom is -0.417 e. The summed E-state index contributed by atoms with van der Waals surface area (Å²) in [5, 5.41) is 0. The first kappa shape index (κ1) is 13.5. The number of rotatable bonds is 6. The Morgan fingerprint density at radius 3 is 2.15 bits per heavy atom. The zero-order valence-electron chi connectivity index (χ0n) is 9.63. The maximum absolute atomic E-state index is 5.97. The standard InChI is InChI=1S/C10H24OSSi/c1-9(2)6-11-13(4,5)8-10(3)7-12/h9-10,12H,6-8H2,1-5H3. The molecule has 1 atom stereocenters. The Kier molecular flexibility index (Phi) is 6.34. The summed E-state index contributed by atoms with van der Waals surface area (Å²) < 4.78 is 5.97. The van der Waals surface area contributed by atoms with Gasteiger partial charge in [-0.3, -0.25) is 0 Å². The molecule has 1 nitrogen and oxygen atoms in total. The molecule has 0 saturated carbocycles. The highest BCUT2D eigenvalue weighted by molar-refractivity contribution is 7.80. The van der Waals surface area contributed by atoms with Crippen LogP contribution in [-0.4, -0.2) is 20.7 Å². The van der Waals surface area contributed by atoms with E-state index in [1.165, 1.54) is 6.04 Å². The molecule has 0 saturated heterocycles. The van der Waals surface area contributed by atoms with E-state index >= 15 is 0 Å². The highest BCUT2D eigenvalue weighted by Crippen LogP contribution is 2.19. The Hall–Kier alpha value is 0.527. The molecular formula is C10H24OSSi. The van der Waals surface area contributed by atoms with Crippen LogP contribution in [0.2, 0.25) is 19.1 Å². The van der Waals surface area contributed by atoms with Crippen LogP contribution in [0, 0.1) is 11.8 Å². The second kappa shape index (κ2) is 6.09. The predicted octanol–water partition coefficient (Wildman–Crippen LogP) is 3.43. The summed E-state index contributed by atoms with van der Waals surface area (Å²) in [7, 11) is -1.40. The van der Waals surface area contributed by atoms with Crippen molar-refractivity contribution in [3.05, 3.63) is 0 Å². The molecule has 13 heavy (non-hydrogen) atoms. The molecule has 0 aromatic heterocycles. The quantitative estimate of drug-likeness (QED) is 0.533. The molecule has 0 rings (SSSR count). The fourth-order valence-electron chi connectivity index (χ4n) is 1.35. The van der Waals surface area contributed by atoms with Gasteiger partial charge in [-0.1, -0.05) is 20.8 Å². The summed E-state index contributed by atoms with van der Waals surface area (Å²) >= 11 is 4.30. The minimum absolute atomic E-state index is 0.651. The Morgan fingerprint density at radius 2 is 1.77 bits per heavy atom. The molecule has 0 aliphatic heterocycles. The third kappa shape index (κ3) is 7.59. The highest BCUT2D eigenvalue weighted by Gasteiger charge is 2.24. The van der Waals surface area contributed by atoms with Gasteiger partial charge in [0.25, 0.3) is 0 Å². The van der Waals surface area contributed by atoms with Crippen molar-refractivity contribution in [3.63, 3.8) is 0 Å². The third-order valence-corrected chi connectivity index (χ3v) is 5.21. The zero-order valence-corrected chi connectivity index (χ0v) is 11.5. The van der Waals surface area contributed by atoms with E-state index in [0.29, 0.717) is 11.8 Å². The molecule has 0 N–H and O–H groups in total. The molecule has 0 bridgehead atoms. The fourth-order valence-corrected chi connectivity index (χ4v) is 4.45. The lowest BCUT2D eigenvalue weighted by molar-refractivity contribution is 0.258. The molecule has 3 heteroatoms. The lowest BCUT2D eigenvalue weighted by Gasteiger charge is -2.26. The predicted molar refractivity (Wildman–Crippen MR) is 66.1 cm³/mol. The monoisotopic (exact) mass is 220 g/mol. The minimum atomic E-state index is -1.40. The molecule has 0 aliphatic carbocycles. The largest absolute Gasteiger partial charge is 0.417 e.